The molecule has 1 heterocycles. The molecule has 0 bridgehead atoms. The first kappa shape index (κ1) is 12.1. The molecule has 0 unspecified atom stereocenters. The summed E-state index contributed by atoms with van der Waals surface area (Å²) in [6.07, 6.45) is 2.99. The molecule has 1 aromatic rings. The number of aromatic nitrogens is 1. The second-order valence-corrected chi connectivity index (χ2v) is 2.94. The Labute approximate surface area is 95.9 Å². The van der Waals surface area contributed by atoms with Crippen LogP contribution >= 0.6 is 11.6 Å². The monoisotopic (exact) mass is 241 g/mol. The van der Waals surface area contributed by atoms with E-state index in [1.807, 2.05) is 0 Å². The highest BCUT2D eigenvalue weighted by Crippen LogP contribution is 2.02. The smallest absolute Gasteiger partial charge is 0.360 e. The maximum absolute atomic E-state index is 11.1. The van der Waals surface area contributed by atoms with Crippen LogP contribution in [0.5, 0.6) is 0 Å². The molecule has 6 nitrogen and oxygen atoms in total. The van der Waals surface area contributed by atoms with E-state index in [9.17, 15) is 9.59 Å². The van der Waals surface area contributed by atoms with Gasteiger partial charge in [0.15, 0.2) is 0 Å². The van der Waals surface area contributed by atoms with Crippen molar-refractivity contribution in [3.63, 3.8) is 0 Å². The van der Waals surface area contributed by atoms with Crippen LogP contribution in [0.3, 0.4) is 0 Å². The predicted octanol–water partition coefficient (Wildman–Crippen LogP) is 0.742. The van der Waals surface area contributed by atoms with E-state index in [0.717, 1.165) is 0 Å². The number of hydrogen-bond acceptors (Lipinski definition) is 5. The van der Waals surface area contributed by atoms with E-state index in [4.69, 9.17) is 16.7 Å². The Morgan fingerprint density at radius 2 is 2.31 bits per heavy atom. The number of hydrazone groups is 1. The van der Waals surface area contributed by atoms with Gasteiger partial charge in [0.05, 0.1) is 17.8 Å². The van der Waals surface area contributed by atoms with E-state index in [1.165, 1.54) is 6.20 Å². The fourth-order valence-electron chi connectivity index (χ4n) is 0.842. The van der Waals surface area contributed by atoms with E-state index in [1.54, 1.807) is 18.3 Å². The van der Waals surface area contributed by atoms with E-state index in [-0.39, 0.29) is 0 Å². The minimum atomic E-state index is -1.43. The molecule has 0 aliphatic heterocycles. The third-order valence-electron chi connectivity index (χ3n) is 1.55. The number of carbonyl (C=O) groups is 2. The number of nitrogens with zero attached hydrogens (tertiary/aromatic N) is 2. The molecule has 1 aromatic heterocycles. The van der Waals surface area contributed by atoms with Crippen LogP contribution < -0.4 is 5.43 Å². The van der Waals surface area contributed by atoms with Crippen molar-refractivity contribution in [3.05, 3.63) is 24.5 Å². The summed E-state index contributed by atoms with van der Waals surface area (Å²) >= 11 is 5.24. The number of nitrogens with one attached hydrogen (secondary N) is 1. The van der Waals surface area contributed by atoms with Crippen LogP contribution in [0.4, 0.5) is 5.69 Å². The van der Waals surface area contributed by atoms with Crippen molar-refractivity contribution in [1.29, 1.82) is 0 Å². The number of halogens is 1. The average Bonchev–Trinajstić information content (AvgIpc) is 2.30. The molecule has 0 aliphatic rings. The van der Waals surface area contributed by atoms with Crippen LogP contribution in [0, 0.1) is 0 Å². The van der Waals surface area contributed by atoms with E-state index < -0.39 is 23.3 Å². The van der Waals surface area contributed by atoms with Crippen LogP contribution in [0.2, 0.25) is 0 Å². The summed E-state index contributed by atoms with van der Waals surface area (Å²) in [7, 11) is 0. The van der Waals surface area contributed by atoms with Gasteiger partial charge in [-0.3, -0.25) is 15.2 Å². The van der Waals surface area contributed by atoms with Gasteiger partial charge in [0.1, 0.15) is 0 Å². The molecule has 0 saturated carbocycles. The van der Waals surface area contributed by atoms with Gasteiger partial charge in [0.25, 0.3) is 0 Å². The number of anilines is 1. The largest absolute Gasteiger partial charge is 0.476 e. The number of carbonyl (C=O) groups excluding carboxylic acids is 1. The summed E-state index contributed by atoms with van der Waals surface area (Å²) in [6.45, 7) is 0. The first-order valence-corrected chi connectivity index (χ1v) is 4.74. The highest BCUT2D eigenvalue weighted by atomic mass is 35.5. The zero-order valence-corrected chi connectivity index (χ0v) is 8.81. The highest BCUT2D eigenvalue weighted by molar-refractivity contribution is 6.67. The van der Waals surface area contributed by atoms with Crippen LogP contribution in [0.1, 0.15) is 0 Å². The topological polar surface area (TPSA) is 91.7 Å². The highest BCUT2D eigenvalue weighted by Gasteiger charge is 2.18. The van der Waals surface area contributed by atoms with Crippen molar-refractivity contribution < 1.29 is 14.7 Å². The zero-order chi connectivity index (χ0) is 12.0. The molecule has 0 fully saturated rings. The number of alkyl halides is 1. The summed E-state index contributed by atoms with van der Waals surface area (Å²) in [4.78, 5) is 25.5. The van der Waals surface area contributed by atoms with Crippen molar-refractivity contribution in [1.82, 2.24) is 4.98 Å². The number of ketones is 1. The lowest BCUT2D eigenvalue weighted by Crippen LogP contribution is -2.26. The van der Waals surface area contributed by atoms with Gasteiger partial charge in [-0.2, -0.15) is 5.10 Å². The molecule has 1 rings (SSSR count). The standard InChI is InChI=1S/C9H8ClN3O3/c10-4-7(14)8(9(15)16)13-12-6-2-1-3-11-5-6/h1-3,5,12H,4H2,(H,15,16)/b13-8+. The molecule has 0 saturated heterocycles. The number of carboxylic acids is 1. The quantitative estimate of drug-likeness (QED) is 0.343. The lowest BCUT2D eigenvalue weighted by molar-refractivity contribution is -0.130. The van der Waals surface area contributed by atoms with Crippen molar-refractivity contribution in [2.75, 3.05) is 11.3 Å². The van der Waals surface area contributed by atoms with E-state index in [0.29, 0.717) is 5.69 Å². The Bertz CT molecular complexity index is 419. The SMILES string of the molecule is O=C(O)/C(=N/Nc1cccnc1)C(=O)CCl. The predicted molar refractivity (Wildman–Crippen MR) is 58.7 cm³/mol. The van der Waals surface area contributed by atoms with Gasteiger partial charge in [0.2, 0.25) is 11.5 Å². The number of Topliss-reactive ketones (excluding diaryl/α,β-unsaturated/α-hetero) is 1. The van der Waals surface area contributed by atoms with E-state index in [2.05, 4.69) is 15.5 Å². The molecule has 7 heteroatoms. The molecule has 0 aromatic carbocycles. The molecular formula is C9H8ClN3O3. The first-order valence-electron chi connectivity index (χ1n) is 4.21. The van der Waals surface area contributed by atoms with Gasteiger partial charge in [-0.15, -0.1) is 11.6 Å². The van der Waals surface area contributed by atoms with Crippen LogP contribution in [-0.4, -0.2) is 33.4 Å². The number of pyridine rings is 1. The second-order valence-electron chi connectivity index (χ2n) is 2.68. The molecule has 0 radical (unpaired) electrons. The van der Waals surface area contributed by atoms with Gasteiger partial charge in [0, 0.05) is 6.20 Å². The molecule has 16 heavy (non-hydrogen) atoms. The Morgan fingerprint density at radius 1 is 1.56 bits per heavy atom. The Morgan fingerprint density at radius 3 is 2.81 bits per heavy atom. The van der Waals surface area contributed by atoms with Crippen molar-refractivity contribution in [3.8, 4) is 0 Å². The van der Waals surface area contributed by atoms with Crippen LogP contribution in [0.15, 0.2) is 29.6 Å². The maximum Gasteiger partial charge on any atom is 0.360 e. The maximum atomic E-state index is 11.1. The number of rotatable bonds is 5. The Balaban J connectivity index is 2.81. The molecule has 2 N–H and O–H groups in total. The fraction of sp³-hybridized carbons (Fsp3) is 0.111. The summed E-state index contributed by atoms with van der Waals surface area (Å²) in [5.74, 6) is -2.62. The lowest BCUT2D eigenvalue weighted by Gasteiger charge is -2.00. The molecule has 84 valence electrons. The third-order valence-corrected chi connectivity index (χ3v) is 1.79. The van der Waals surface area contributed by atoms with Crippen LogP contribution in [0.25, 0.3) is 0 Å². The lowest BCUT2D eigenvalue weighted by atomic mass is 10.3. The number of carboxylic acid groups (broad SMARTS) is 1. The minimum Gasteiger partial charge on any atom is -0.476 e. The Kier molecular flexibility index (Phi) is 4.41. The molecule has 0 spiro atoms. The van der Waals surface area contributed by atoms with Gasteiger partial charge >= 0.3 is 5.97 Å². The first-order chi connectivity index (χ1) is 7.65. The number of aliphatic carboxylic acids is 1. The number of hydrogen-bond donors (Lipinski definition) is 2. The van der Waals surface area contributed by atoms with Crippen molar-refractivity contribution in [2.24, 2.45) is 5.10 Å². The fourth-order valence-corrected chi connectivity index (χ4v) is 0.969. The summed E-state index contributed by atoms with van der Waals surface area (Å²) < 4.78 is 0. The van der Waals surface area contributed by atoms with E-state index >= 15 is 0 Å². The van der Waals surface area contributed by atoms with Gasteiger partial charge < -0.3 is 5.11 Å². The summed E-state index contributed by atoms with van der Waals surface area (Å²) in [5.41, 5.74) is 2.24. The molecular weight excluding hydrogens is 234 g/mol. The van der Waals surface area contributed by atoms with Gasteiger partial charge in [-0.05, 0) is 12.1 Å². The Hall–Kier alpha value is -1.95. The summed E-state index contributed by atoms with van der Waals surface area (Å²) in [6, 6.07) is 3.27. The second kappa shape index (κ2) is 5.82. The minimum absolute atomic E-state index is 0.431. The normalized spacial score (nSPS) is 10.9. The molecule has 0 amide bonds. The third kappa shape index (κ3) is 3.32. The summed E-state index contributed by atoms with van der Waals surface area (Å²) in [5, 5.41) is 12.1. The van der Waals surface area contributed by atoms with Gasteiger partial charge in [-0.25, -0.2) is 4.79 Å². The van der Waals surface area contributed by atoms with Crippen molar-refractivity contribution >= 4 is 34.8 Å². The molecule has 0 atom stereocenters. The van der Waals surface area contributed by atoms with Gasteiger partial charge in [-0.1, -0.05) is 0 Å². The average molecular weight is 242 g/mol. The van der Waals surface area contributed by atoms with Crippen molar-refractivity contribution in [2.45, 2.75) is 0 Å². The van der Waals surface area contributed by atoms with Crippen LogP contribution in [-0.2, 0) is 9.59 Å². The zero-order valence-electron chi connectivity index (χ0n) is 8.05. The molecule has 0 aliphatic carbocycles.